The Labute approximate surface area is 70.3 Å². The third-order valence-corrected chi connectivity index (χ3v) is 0.309. The summed E-state index contributed by atoms with van der Waals surface area (Å²) in [5, 5.41) is 21.8. The molecule has 0 amide bonds. The molecule has 0 aliphatic rings. The molecule has 0 atom stereocenters. The van der Waals surface area contributed by atoms with E-state index in [4.69, 9.17) is 20.1 Å². The first-order valence-corrected chi connectivity index (χ1v) is 2.78. The fourth-order valence-electron chi connectivity index (χ4n) is 0.143. The molecule has 0 aromatic rings. The first kappa shape index (κ1) is 16.7. The van der Waals surface area contributed by atoms with Gasteiger partial charge in [-0.3, -0.25) is 0 Å². The Morgan fingerprint density at radius 1 is 1.17 bits per heavy atom. The van der Waals surface area contributed by atoms with Crippen LogP contribution in [0.1, 0.15) is 6.92 Å². The predicted octanol–water partition coefficient (Wildman–Crippen LogP) is 1.67. The zero-order chi connectivity index (χ0) is 10.6. The molecule has 0 heterocycles. The minimum absolute atomic E-state index is 0.891. The molecule has 0 aromatic carbocycles. The van der Waals surface area contributed by atoms with E-state index >= 15 is 0 Å². The van der Waals surface area contributed by atoms with Gasteiger partial charge in [0.25, 0.3) is 0 Å². The number of hydrogen-bond acceptors (Lipinski definition) is 2. The summed E-state index contributed by atoms with van der Waals surface area (Å²) in [4.78, 5) is 18.1. The van der Waals surface area contributed by atoms with Crippen LogP contribution in [0, 0.1) is 0 Å². The number of allylic oxidation sites excluding steroid dienone is 1. The van der Waals surface area contributed by atoms with Gasteiger partial charge in [0.2, 0.25) is 0 Å². The Hall–Kier alpha value is -1.78. The average Bonchev–Trinajstić information content (AvgIpc) is 1.90. The Morgan fingerprint density at radius 2 is 1.42 bits per heavy atom. The fourth-order valence-corrected chi connectivity index (χ4v) is 0.143. The van der Waals surface area contributed by atoms with E-state index in [2.05, 4.69) is 13.2 Å². The standard InChI is InChI=1S/C4H6O2.C2H4.CH2O3/c1-2-3-4(5)6;1-2;2-1(3)4/h2-3H,1H3,(H,5,6);1-2H2;(H2,2,3,4). The second-order valence-electron chi connectivity index (χ2n) is 1.12. The number of rotatable bonds is 1. The van der Waals surface area contributed by atoms with Crippen molar-refractivity contribution in [3.05, 3.63) is 25.3 Å². The molecule has 5 heteroatoms. The Bertz CT molecular complexity index is 146. The van der Waals surface area contributed by atoms with Crippen LogP contribution in [-0.2, 0) is 4.79 Å². The highest BCUT2D eigenvalue weighted by Gasteiger charge is 1.76. The van der Waals surface area contributed by atoms with Crippen molar-refractivity contribution in [2.75, 3.05) is 0 Å². The number of aliphatic carboxylic acids is 1. The molecule has 0 bridgehead atoms. The number of carboxylic acids is 1. The first-order valence-electron chi connectivity index (χ1n) is 2.78. The zero-order valence-corrected chi connectivity index (χ0v) is 6.73. The maximum absolute atomic E-state index is 9.51. The van der Waals surface area contributed by atoms with Gasteiger partial charge in [0.15, 0.2) is 0 Å². The summed E-state index contributed by atoms with van der Waals surface area (Å²) in [6.07, 6.45) is 0.725. The molecule has 0 unspecified atom stereocenters. The second kappa shape index (κ2) is 16.1. The summed E-state index contributed by atoms with van der Waals surface area (Å²) in [7, 11) is 0. The van der Waals surface area contributed by atoms with Crippen molar-refractivity contribution in [3.63, 3.8) is 0 Å². The molecule has 5 nitrogen and oxygen atoms in total. The average molecular weight is 176 g/mol. The van der Waals surface area contributed by atoms with E-state index in [1.165, 1.54) is 6.08 Å². The molecule has 0 rings (SSSR count). The van der Waals surface area contributed by atoms with Gasteiger partial charge in [0.05, 0.1) is 0 Å². The van der Waals surface area contributed by atoms with Gasteiger partial charge >= 0.3 is 12.1 Å². The highest BCUT2D eigenvalue weighted by atomic mass is 16.6. The van der Waals surface area contributed by atoms with Gasteiger partial charge in [-0.05, 0) is 6.92 Å². The smallest absolute Gasteiger partial charge is 0.478 e. The van der Waals surface area contributed by atoms with E-state index < -0.39 is 12.1 Å². The van der Waals surface area contributed by atoms with Crippen LogP contribution < -0.4 is 0 Å². The van der Waals surface area contributed by atoms with Crippen molar-refractivity contribution in [3.8, 4) is 0 Å². The summed E-state index contributed by atoms with van der Waals surface area (Å²) in [5.41, 5.74) is 0. The van der Waals surface area contributed by atoms with Gasteiger partial charge < -0.3 is 15.3 Å². The van der Waals surface area contributed by atoms with Crippen molar-refractivity contribution < 1.29 is 24.9 Å². The van der Waals surface area contributed by atoms with E-state index in [1.54, 1.807) is 6.92 Å². The molecule has 0 radical (unpaired) electrons. The fraction of sp³-hybridized carbons (Fsp3) is 0.143. The summed E-state index contributed by atoms with van der Waals surface area (Å²) in [6.45, 7) is 7.66. The highest BCUT2D eigenvalue weighted by molar-refractivity contribution is 5.79. The highest BCUT2D eigenvalue weighted by Crippen LogP contribution is 1.65. The van der Waals surface area contributed by atoms with Crippen LogP contribution in [-0.4, -0.2) is 27.4 Å². The maximum atomic E-state index is 9.51. The minimum atomic E-state index is -1.83. The van der Waals surface area contributed by atoms with Gasteiger partial charge in [-0.15, -0.1) is 13.2 Å². The molecule has 12 heavy (non-hydrogen) atoms. The Kier molecular flexibility index (Phi) is 22.4. The van der Waals surface area contributed by atoms with Crippen molar-refractivity contribution in [1.29, 1.82) is 0 Å². The zero-order valence-electron chi connectivity index (χ0n) is 6.73. The largest absolute Gasteiger partial charge is 0.503 e. The van der Waals surface area contributed by atoms with E-state index in [1.807, 2.05) is 0 Å². The van der Waals surface area contributed by atoms with Crippen LogP contribution in [0.15, 0.2) is 25.3 Å². The van der Waals surface area contributed by atoms with Crippen molar-refractivity contribution in [2.45, 2.75) is 6.92 Å². The molecular weight excluding hydrogens is 164 g/mol. The van der Waals surface area contributed by atoms with Crippen LogP contribution in [0.2, 0.25) is 0 Å². The minimum Gasteiger partial charge on any atom is -0.478 e. The van der Waals surface area contributed by atoms with Gasteiger partial charge in [-0.2, -0.15) is 0 Å². The molecule has 0 aliphatic heterocycles. The maximum Gasteiger partial charge on any atom is 0.503 e. The van der Waals surface area contributed by atoms with Crippen LogP contribution in [0.5, 0.6) is 0 Å². The van der Waals surface area contributed by atoms with Gasteiger partial charge in [-0.1, -0.05) is 6.08 Å². The molecule has 0 fully saturated rings. The molecule has 0 spiro atoms. The SMILES string of the molecule is C=C.CC=CC(=O)O.O=C(O)O. The molecule has 0 aliphatic carbocycles. The predicted molar refractivity (Wildman–Crippen MR) is 44.4 cm³/mol. The molecule has 70 valence electrons. The van der Waals surface area contributed by atoms with E-state index in [0.29, 0.717) is 0 Å². The van der Waals surface area contributed by atoms with Gasteiger partial charge in [-0.25, -0.2) is 9.59 Å². The topological polar surface area (TPSA) is 94.8 Å². The Balaban J connectivity index is -0.000000118. The number of carboxylic acid groups (broad SMARTS) is 3. The van der Waals surface area contributed by atoms with Crippen LogP contribution in [0.25, 0.3) is 0 Å². The van der Waals surface area contributed by atoms with Crippen LogP contribution >= 0.6 is 0 Å². The summed E-state index contributed by atoms with van der Waals surface area (Å²) < 4.78 is 0. The summed E-state index contributed by atoms with van der Waals surface area (Å²) >= 11 is 0. The molecular formula is C7H12O5. The summed E-state index contributed by atoms with van der Waals surface area (Å²) in [6, 6.07) is 0. The van der Waals surface area contributed by atoms with E-state index in [9.17, 15) is 4.79 Å². The lowest BCUT2D eigenvalue weighted by Crippen LogP contribution is -1.83. The quantitative estimate of drug-likeness (QED) is 0.417. The molecule has 3 N–H and O–H groups in total. The molecule has 0 aromatic heterocycles. The van der Waals surface area contributed by atoms with Gasteiger partial charge in [0, 0.05) is 6.08 Å². The van der Waals surface area contributed by atoms with E-state index in [0.717, 1.165) is 6.08 Å². The van der Waals surface area contributed by atoms with Crippen molar-refractivity contribution >= 4 is 12.1 Å². The second-order valence-corrected chi connectivity index (χ2v) is 1.12. The third-order valence-electron chi connectivity index (χ3n) is 0.309. The molecule has 0 saturated carbocycles. The molecule has 0 saturated heterocycles. The Morgan fingerprint density at radius 3 is 1.42 bits per heavy atom. The van der Waals surface area contributed by atoms with E-state index in [-0.39, 0.29) is 0 Å². The van der Waals surface area contributed by atoms with Crippen LogP contribution in [0.3, 0.4) is 0 Å². The monoisotopic (exact) mass is 176 g/mol. The lowest BCUT2D eigenvalue weighted by atomic mass is 10.5. The van der Waals surface area contributed by atoms with Crippen molar-refractivity contribution in [1.82, 2.24) is 0 Å². The lowest BCUT2D eigenvalue weighted by molar-refractivity contribution is -0.131. The third kappa shape index (κ3) is 288. The lowest BCUT2D eigenvalue weighted by Gasteiger charge is -1.68. The van der Waals surface area contributed by atoms with Crippen molar-refractivity contribution in [2.24, 2.45) is 0 Å². The number of hydrogen-bond donors (Lipinski definition) is 3. The summed E-state index contributed by atoms with van der Waals surface area (Å²) in [5.74, 6) is -0.891. The first-order chi connectivity index (χ1) is 5.50. The number of carbonyl (C=O) groups is 2. The van der Waals surface area contributed by atoms with Gasteiger partial charge in [0.1, 0.15) is 0 Å². The normalized spacial score (nSPS) is 7.08. The van der Waals surface area contributed by atoms with Crippen LogP contribution in [0.4, 0.5) is 4.79 Å².